The number of carbonyl (C=O) groups excluding carboxylic acids is 1. The number of hydrogen-bond acceptors (Lipinski definition) is 4. The van der Waals surface area contributed by atoms with Gasteiger partial charge >= 0.3 is 0 Å². The molecular weight excluding hydrogens is 316 g/mol. The van der Waals surface area contributed by atoms with Crippen molar-refractivity contribution in [3.63, 3.8) is 0 Å². The Kier molecular flexibility index (Phi) is 4.54. The molecule has 1 saturated heterocycles. The molecular formula is C16H19ClN4O2. The van der Waals surface area contributed by atoms with Gasteiger partial charge in [0.2, 0.25) is 5.91 Å². The lowest BCUT2D eigenvalue weighted by Crippen LogP contribution is -2.28. The number of methoxy groups -OCH3 is 1. The van der Waals surface area contributed by atoms with Gasteiger partial charge in [0, 0.05) is 37.9 Å². The maximum atomic E-state index is 12.6. The first-order valence-corrected chi connectivity index (χ1v) is 7.80. The molecule has 1 aromatic carbocycles. The normalized spacial score (nSPS) is 20.5. The fraction of sp³-hybridized carbons (Fsp3) is 0.375. The van der Waals surface area contributed by atoms with Crippen LogP contribution in [0.2, 0.25) is 5.02 Å². The van der Waals surface area contributed by atoms with E-state index in [0.29, 0.717) is 23.0 Å². The van der Waals surface area contributed by atoms with E-state index >= 15 is 0 Å². The van der Waals surface area contributed by atoms with E-state index in [1.54, 1.807) is 30.0 Å². The van der Waals surface area contributed by atoms with Gasteiger partial charge < -0.3 is 15.4 Å². The Morgan fingerprint density at radius 3 is 2.96 bits per heavy atom. The number of halogens is 1. The zero-order chi connectivity index (χ0) is 16.4. The fourth-order valence-corrected chi connectivity index (χ4v) is 3.17. The Hall–Kier alpha value is -2.05. The average molecular weight is 335 g/mol. The average Bonchev–Trinajstić information content (AvgIpc) is 3.15. The molecule has 1 aromatic heterocycles. The molecule has 3 rings (SSSR count). The van der Waals surface area contributed by atoms with Crippen LogP contribution in [-0.2, 0) is 11.8 Å². The number of nitrogens with one attached hydrogen (secondary N) is 2. The van der Waals surface area contributed by atoms with E-state index in [9.17, 15) is 4.79 Å². The van der Waals surface area contributed by atoms with Crippen LogP contribution >= 0.6 is 11.6 Å². The van der Waals surface area contributed by atoms with Crippen molar-refractivity contribution >= 4 is 23.2 Å². The van der Waals surface area contributed by atoms with E-state index in [-0.39, 0.29) is 17.7 Å². The number of hydrogen-bond donors (Lipinski definition) is 2. The molecule has 122 valence electrons. The summed E-state index contributed by atoms with van der Waals surface area (Å²) in [6, 6.07) is 5.22. The SMILES string of the molecule is COc1ccc(NC(=O)[C@H]2CNC[C@@H]2c2cnn(C)c2)cc1Cl. The number of anilines is 1. The highest BCUT2D eigenvalue weighted by Crippen LogP contribution is 2.31. The third kappa shape index (κ3) is 3.33. The number of ether oxygens (including phenoxy) is 1. The smallest absolute Gasteiger partial charge is 0.229 e. The highest BCUT2D eigenvalue weighted by atomic mass is 35.5. The summed E-state index contributed by atoms with van der Waals surface area (Å²) >= 11 is 6.10. The Morgan fingerprint density at radius 2 is 2.30 bits per heavy atom. The molecule has 0 bridgehead atoms. The van der Waals surface area contributed by atoms with E-state index in [1.807, 2.05) is 19.4 Å². The minimum Gasteiger partial charge on any atom is -0.495 e. The molecule has 1 amide bonds. The molecule has 2 atom stereocenters. The minimum atomic E-state index is -0.139. The lowest BCUT2D eigenvalue weighted by Gasteiger charge is -2.17. The highest BCUT2D eigenvalue weighted by Gasteiger charge is 2.34. The van der Waals surface area contributed by atoms with Crippen molar-refractivity contribution in [2.45, 2.75) is 5.92 Å². The second-order valence-electron chi connectivity index (χ2n) is 5.66. The Labute approximate surface area is 139 Å². The third-order valence-electron chi connectivity index (χ3n) is 4.12. The van der Waals surface area contributed by atoms with Crippen LogP contribution < -0.4 is 15.4 Å². The van der Waals surface area contributed by atoms with Crippen molar-refractivity contribution in [3.05, 3.63) is 41.2 Å². The molecule has 1 aliphatic rings. The van der Waals surface area contributed by atoms with Gasteiger partial charge in [0.25, 0.3) is 0 Å². The molecule has 0 spiro atoms. The summed E-state index contributed by atoms with van der Waals surface area (Å²) in [5.74, 6) is 0.544. The summed E-state index contributed by atoms with van der Waals surface area (Å²) < 4.78 is 6.87. The summed E-state index contributed by atoms with van der Waals surface area (Å²) in [6.07, 6.45) is 3.78. The molecule has 0 saturated carbocycles. The number of carbonyl (C=O) groups is 1. The van der Waals surface area contributed by atoms with Crippen LogP contribution in [0.5, 0.6) is 5.75 Å². The molecule has 7 heteroatoms. The van der Waals surface area contributed by atoms with Crippen molar-refractivity contribution in [2.24, 2.45) is 13.0 Å². The maximum Gasteiger partial charge on any atom is 0.229 e. The van der Waals surface area contributed by atoms with Gasteiger partial charge in [-0.05, 0) is 23.8 Å². The van der Waals surface area contributed by atoms with Gasteiger partial charge in [-0.3, -0.25) is 9.48 Å². The summed E-state index contributed by atoms with van der Waals surface area (Å²) in [4.78, 5) is 12.6. The van der Waals surface area contributed by atoms with Crippen LogP contribution in [0.4, 0.5) is 5.69 Å². The summed E-state index contributed by atoms with van der Waals surface area (Å²) in [6.45, 7) is 1.42. The molecule has 0 unspecified atom stereocenters. The molecule has 0 radical (unpaired) electrons. The zero-order valence-electron chi connectivity index (χ0n) is 13.0. The van der Waals surface area contributed by atoms with Gasteiger partial charge in [0.15, 0.2) is 0 Å². The number of rotatable bonds is 4. The molecule has 6 nitrogen and oxygen atoms in total. The Bertz CT molecular complexity index is 716. The van der Waals surface area contributed by atoms with E-state index < -0.39 is 0 Å². The van der Waals surface area contributed by atoms with E-state index in [1.165, 1.54) is 0 Å². The number of aryl methyl sites for hydroxylation is 1. The zero-order valence-corrected chi connectivity index (χ0v) is 13.8. The summed E-state index contributed by atoms with van der Waals surface area (Å²) in [5, 5.41) is 10.9. The molecule has 2 aromatic rings. The molecule has 1 fully saturated rings. The van der Waals surface area contributed by atoms with E-state index in [0.717, 1.165) is 12.1 Å². The van der Waals surface area contributed by atoms with Gasteiger partial charge in [-0.1, -0.05) is 11.6 Å². The molecule has 23 heavy (non-hydrogen) atoms. The van der Waals surface area contributed by atoms with Gasteiger partial charge in [-0.15, -0.1) is 0 Å². The minimum absolute atomic E-state index is 0.0231. The van der Waals surface area contributed by atoms with Crippen LogP contribution in [-0.4, -0.2) is 35.9 Å². The second-order valence-corrected chi connectivity index (χ2v) is 6.06. The van der Waals surface area contributed by atoms with Crippen LogP contribution in [0.25, 0.3) is 0 Å². The number of benzene rings is 1. The third-order valence-corrected chi connectivity index (χ3v) is 4.42. The predicted molar refractivity (Wildman–Crippen MR) is 88.9 cm³/mol. The summed E-state index contributed by atoms with van der Waals surface area (Å²) in [5.41, 5.74) is 1.74. The van der Waals surface area contributed by atoms with Gasteiger partial charge in [0.05, 0.1) is 24.2 Å². The molecule has 0 aliphatic carbocycles. The highest BCUT2D eigenvalue weighted by molar-refractivity contribution is 6.32. The van der Waals surface area contributed by atoms with Crippen LogP contribution in [0.1, 0.15) is 11.5 Å². The van der Waals surface area contributed by atoms with E-state index in [2.05, 4.69) is 15.7 Å². The van der Waals surface area contributed by atoms with Crippen molar-refractivity contribution in [1.82, 2.24) is 15.1 Å². The Balaban J connectivity index is 1.73. The van der Waals surface area contributed by atoms with Crippen LogP contribution in [0.15, 0.2) is 30.6 Å². The lowest BCUT2D eigenvalue weighted by atomic mass is 9.90. The van der Waals surface area contributed by atoms with Crippen LogP contribution in [0.3, 0.4) is 0 Å². The lowest BCUT2D eigenvalue weighted by molar-refractivity contribution is -0.119. The Morgan fingerprint density at radius 1 is 1.48 bits per heavy atom. The van der Waals surface area contributed by atoms with Crippen molar-refractivity contribution in [2.75, 3.05) is 25.5 Å². The number of nitrogens with zero attached hydrogens (tertiary/aromatic N) is 2. The summed E-state index contributed by atoms with van der Waals surface area (Å²) in [7, 11) is 3.43. The van der Waals surface area contributed by atoms with Gasteiger partial charge in [-0.2, -0.15) is 5.10 Å². The largest absolute Gasteiger partial charge is 0.495 e. The van der Waals surface area contributed by atoms with Crippen molar-refractivity contribution in [3.8, 4) is 5.75 Å². The standard InChI is InChI=1S/C16H19ClN4O2/c1-21-9-10(6-19-21)12-7-18-8-13(12)16(22)20-11-3-4-15(23-2)14(17)5-11/h3-6,9,12-13,18H,7-8H2,1-2H3,(H,20,22)/t12-,13+/m1/s1. The first kappa shape index (κ1) is 15.8. The fourth-order valence-electron chi connectivity index (χ4n) is 2.92. The second kappa shape index (κ2) is 6.60. The van der Waals surface area contributed by atoms with Gasteiger partial charge in [-0.25, -0.2) is 0 Å². The molecule has 2 heterocycles. The predicted octanol–water partition coefficient (Wildman–Crippen LogP) is 2.02. The van der Waals surface area contributed by atoms with Gasteiger partial charge in [0.1, 0.15) is 5.75 Å². The monoisotopic (exact) mass is 334 g/mol. The number of aromatic nitrogens is 2. The maximum absolute atomic E-state index is 12.6. The number of amides is 1. The molecule has 1 aliphatic heterocycles. The van der Waals surface area contributed by atoms with Crippen molar-refractivity contribution in [1.29, 1.82) is 0 Å². The van der Waals surface area contributed by atoms with E-state index in [4.69, 9.17) is 16.3 Å². The van der Waals surface area contributed by atoms with Crippen molar-refractivity contribution < 1.29 is 9.53 Å². The first-order chi connectivity index (χ1) is 11.1. The quantitative estimate of drug-likeness (QED) is 0.897. The first-order valence-electron chi connectivity index (χ1n) is 7.42. The van der Waals surface area contributed by atoms with Crippen LogP contribution in [0, 0.1) is 5.92 Å². The molecule has 2 N–H and O–H groups in total. The topological polar surface area (TPSA) is 68.2 Å².